The lowest BCUT2D eigenvalue weighted by molar-refractivity contribution is -0.156. The number of esters is 1. The molecule has 2 N–H and O–H groups in total. The summed E-state index contributed by atoms with van der Waals surface area (Å²) in [5, 5.41) is 2.85. The maximum atomic E-state index is 12.2. The smallest absolute Gasteiger partial charge is 0.313 e. The Morgan fingerprint density at radius 1 is 1.61 bits per heavy atom. The Kier molecular flexibility index (Phi) is 5.75. The molecule has 0 fully saturated rings. The highest BCUT2D eigenvalue weighted by Gasteiger charge is 2.40. The molecule has 1 aromatic rings. The molecule has 0 saturated heterocycles. The van der Waals surface area contributed by atoms with Gasteiger partial charge >= 0.3 is 5.97 Å². The second-order valence-electron chi connectivity index (χ2n) is 4.91. The quantitative estimate of drug-likeness (QED) is 0.772. The minimum Gasteiger partial charge on any atom is -0.466 e. The molecular formula is C13H22N2O2S. The Hall–Kier alpha value is -0.940. The fourth-order valence-corrected chi connectivity index (χ4v) is 2.92. The van der Waals surface area contributed by atoms with Gasteiger partial charge in [-0.1, -0.05) is 13.8 Å². The van der Waals surface area contributed by atoms with Crippen molar-refractivity contribution in [2.75, 3.05) is 13.2 Å². The first-order valence-electron chi connectivity index (χ1n) is 6.29. The molecule has 5 heteroatoms. The summed E-state index contributed by atoms with van der Waals surface area (Å²) >= 11 is 1.55. The van der Waals surface area contributed by atoms with Crippen molar-refractivity contribution in [3.63, 3.8) is 0 Å². The summed E-state index contributed by atoms with van der Waals surface area (Å²) in [7, 11) is 0. The Bertz CT molecular complexity index is 365. The van der Waals surface area contributed by atoms with Gasteiger partial charge in [-0.2, -0.15) is 0 Å². The lowest BCUT2D eigenvalue weighted by Gasteiger charge is -2.30. The maximum absolute atomic E-state index is 12.2. The summed E-state index contributed by atoms with van der Waals surface area (Å²) in [6, 6.07) is 0. The van der Waals surface area contributed by atoms with Gasteiger partial charge in [0, 0.05) is 24.5 Å². The SMILES string of the molecule is CCOC(=O)C(CN)(Cc1nccs1)CC(C)C. The predicted octanol–water partition coefficient (Wildman–Crippen LogP) is 2.24. The number of hydrogen-bond acceptors (Lipinski definition) is 5. The fraction of sp³-hybridized carbons (Fsp3) is 0.692. The number of aromatic nitrogens is 1. The van der Waals surface area contributed by atoms with Crippen molar-refractivity contribution >= 4 is 17.3 Å². The highest BCUT2D eigenvalue weighted by Crippen LogP contribution is 2.32. The Morgan fingerprint density at radius 3 is 2.78 bits per heavy atom. The summed E-state index contributed by atoms with van der Waals surface area (Å²) in [6.45, 7) is 6.68. The van der Waals surface area contributed by atoms with Crippen molar-refractivity contribution in [3.05, 3.63) is 16.6 Å². The molecule has 1 unspecified atom stereocenters. The van der Waals surface area contributed by atoms with Crippen LogP contribution in [-0.2, 0) is 16.0 Å². The monoisotopic (exact) mass is 270 g/mol. The number of rotatable bonds is 7. The number of carbonyl (C=O) groups excluding carboxylic acids is 1. The van der Waals surface area contributed by atoms with Gasteiger partial charge in [-0.15, -0.1) is 11.3 Å². The highest BCUT2D eigenvalue weighted by molar-refractivity contribution is 7.09. The van der Waals surface area contributed by atoms with Gasteiger partial charge in [-0.3, -0.25) is 4.79 Å². The van der Waals surface area contributed by atoms with Gasteiger partial charge in [-0.25, -0.2) is 4.98 Å². The Balaban J connectivity index is 2.93. The molecule has 0 aliphatic carbocycles. The van der Waals surface area contributed by atoms with Crippen molar-refractivity contribution in [2.24, 2.45) is 17.1 Å². The first-order valence-corrected chi connectivity index (χ1v) is 7.17. The third-order valence-corrected chi connectivity index (χ3v) is 3.65. The van der Waals surface area contributed by atoms with E-state index < -0.39 is 5.41 Å². The molecule has 0 aliphatic heterocycles. The molecular weight excluding hydrogens is 248 g/mol. The largest absolute Gasteiger partial charge is 0.466 e. The standard InChI is InChI=1S/C13H22N2O2S/c1-4-17-12(16)13(9-14,7-10(2)3)8-11-15-5-6-18-11/h5-6,10H,4,7-9,14H2,1-3H3. The molecule has 1 rings (SSSR count). The molecule has 18 heavy (non-hydrogen) atoms. The number of nitrogens with zero attached hydrogens (tertiary/aromatic N) is 1. The van der Waals surface area contributed by atoms with Gasteiger partial charge < -0.3 is 10.5 Å². The van der Waals surface area contributed by atoms with Crippen LogP contribution in [0.4, 0.5) is 0 Å². The van der Waals surface area contributed by atoms with E-state index in [-0.39, 0.29) is 5.97 Å². The average Bonchev–Trinajstić information content (AvgIpc) is 2.80. The van der Waals surface area contributed by atoms with Gasteiger partial charge in [0.2, 0.25) is 0 Å². The Morgan fingerprint density at radius 2 is 2.33 bits per heavy atom. The summed E-state index contributed by atoms with van der Waals surface area (Å²) in [5.41, 5.74) is 5.24. The van der Waals surface area contributed by atoms with Crippen LogP contribution in [0.5, 0.6) is 0 Å². The van der Waals surface area contributed by atoms with E-state index in [2.05, 4.69) is 18.8 Å². The molecule has 4 nitrogen and oxygen atoms in total. The first-order chi connectivity index (χ1) is 8.54. The van der Waals surface area contributed by atoms with E-state index in [0.717, 1.165) is 11.4 Å². The fourth-order valence-electron chi connectivity index (χ4n) is 2.16. The molecule has 1 heterocycles. The summed E-state index contributed by atoms with van der Waals surface area (Å²) < 4.78 is 5.21. The van der Waals surface area contributed by atoms with Crippen LogP contribution >= 0.6 is 11.3 Å². The molecule has 0 aliphatic rings. The van der Waals surface area contributed by atoms with Gasteiger partial charge in [0.25, 0.3) is 0 Å². The summed E-state index contributed by atoms with van der Waals surface area (Å²) in [4.78, 5) is 16.5. The third-order valence-electron chi connectivity index (χ3n) is 2.87. The molecule has 1 aromatic heterocycles. The van der Waals surface area contributed by atoms with Crippen molar-refractivity contribution in [2.45, 2.75) is 33.6 Å². The first kappa shape index (κ1) is 15.1. The number of nitrogens with two attached hydrogens (primary N) is 1. The van der Waals surface area contributed by atoms with Crippen molar-refractivity contribution in [1.82, 2.24) is 4.98 Å². The molecule has 0 aromatic carbocycles. The lowest BCUT2D eigenvalue weighted by atomic mass is 9.77. The van der Waals surface area contributed by atoms with E-state index in [1.807, 2.05) is 12.3 Å². The van der Waals surface area contributed by atoms with E-state index in [1.165, 1.54) is 0 Å². The van der Waals surface area contributed by atoms with Crippen molar-refractivity contribution in [1.29, 1.82) is 0 Å². The summed E-state index contributed by atoms with van der Waals surface area (Å²) in [6.07, 6.45) is 3.04. The minimum absolute atomic E-state index is 0.198. The zero-order chi connectivity index (χ0) is 13.6. The van der Waals surface area contributed by atoms with E-state index >= 15 is 0 Å². The van der Waals surface area contributed by atoms with Gasteiger partial charge in [0.15, 0.2) is 0 Å². The number of thiazole rings is 1. The van der Waals surface area contributed by atoms with Crippen LogP contribution in [0.25, 0.3) is 0 Å². The van der Waals surface area contributed by atoms with Crippen LogP contribution in [0, 0.1) is 11.3 Å². The lowest BCUT2D eigenvalue weighted by Crippen LogP contribution is -2.43. The predicted molar refractivity (Wildman–Crippen MR) is 73.4 cm³/mol. The van der Waals surface area contributed by atoms with Gasteiger partial charge in [-0.05, 0) is 19.3 Å². The Labute approximate surface area is 113 Å². The third kappa shape index (κ3) is 3.78. The molecule has 1 atom stereocenters. The van der Waals surface area contributed by atoms with E-state index in [4.69, 9.17) is 10.5 Å². The molecule has 0 amide bonds. The van der Waals surface area contributed by atoms with E-state index in [0.29, 0.717) is 25.5 Å². The van der Waals surface area contributed by atoms with Crippen molar-refractivity contribution in [3.8, 4) is 0 Å². The molecule has 102 valence electrons. The second-order valence-corrected chi connectivity index (χ2v) is 5.88. The number of hydrogen-bond donors (Lipinski definition) is 1. The van der Waals surface area contributed by atoms with Crippen LogP contribution in [0.1, 0.15) is 32.2 Å². The zero-order valence-electron chi connectivity index (χ0n) is 11.3. The number of carbonyl (C=O) groups is 1. The van der Waals surface area contributed by atoms with Gasteiger partial charge in [0.05, 0.1) is 17.0 Å². The minimum atomic E-state index is -0.637. The molecule has 0 radical (unpaired) electrons. The molecule has 0 bridgehead atoms. The van der Waals surface area contributed by atoms with E-state index in [1.54, 1.807) is 17.5 Å². The van der Waals surface area contributed by atoms with Gasteiger partial charge in [0.1, 0.15) is 0 Å². The average molecular weight is 270 g/mol. The van der Waals surface area contributed by atoms with Crippen LogP contribution in [0.2, 0.25) is 0 Å². The van der Waals surface area contributed by atoms with Crippen LogP contribution in [0.3, 0.4) is 0 Å². The molecule has 0 saturated carbocycles. The van der Waals surface area contributed by atoms with Crippen LogP contribution in [0.15, 0.2) is 11.6 Å². The van der Waals surface area contributed by atoms with E-state index in [9.17, 15) is 4.79 Å². The van der Waals surface area contributed by atoms with Crippen LogP contribution < -0.4 is 5.73 Å². The van der Waals surface area contributed by atoms with Crippen molar-refractivity contribution < 1.29 is 9.53 Å². The maximum Gasteiger partial charge on any atom is 0.313 e. The summed E-state index contributed by atoms with van der Waals surface area (Å²) in [5.74, 6) is 0.189. The van der Waals surface area contributed by atoms with Crippen LogP contribution in [-0.4, -0.2) is 24.1 Å². The highest BCUT2D eigenvalue weighted by atomic mass is 32.1. The zero-order valence-corrected chi connectivity index (χ0v) is 12.1. The normalized spacial score (nSPS) is 14.5. The topological polar surface area (TPSA) is 65.2 Å². The molecule has 0 spiro atoms. The second kappa shape index (κ2) is 6.85. The number of ether oxygens (including phenoxy) is 1.